The number of halogens is 4. The Morgan fingerprint density at radius 3 is 2.45 bits per heavy atom. The van der Waals surface area contributed by atoms with E-state index in [0.29, 0.717) is 55.7 Å². The molecule has 0 unspecified atom stereocenters. The lowest BCUT2D eigenvalue weighted by molar-refractivity contribution is -0.140. The minimum absolute atomic E-state index is 0.111. The van der Waals surface area contributed by atoms with Crippen LogP contribution in [0.5, 0.6) is 5.75 Å². The molecule has 15 nitrogen and oxygen atoms in total. The molecule has 2 aromatic heterocycles. The predicted octanol–water partition coefficient (Wildman–Crippen LogP) is 6.22. The molecule has 0 fully saturated rings. The van der Waals surface area contributed by atoms with Crippen molar-refractivity contribution in [1.82, 2.24) is 25.9 Å². The van der Waals surface area contributed by atoms with E-state index in [4.69, 9.17) is 9.47 Å². The van der Waals surface area contributed by atoms with Crippen molar-refractivity contribution in [3.63, 3.8) is 0 Å². The molecule has 3 heterocycles. The average molecular weight is 954 g/mol. The summed E-state index contributed by atoms with van der Waals surface area (Å²) >= 11 is 2.58. The summed E-state index contributed by atoms with van der Waals surface area (Å²) in [5, 5.41) is 32.2. The summed E-state index contributed by atoms with van der Waals surface area (Å²) in [6.45, 7) is 0.755. The van der Waals surface area contributed by atoms with Gasteiger partial charge in [-0.1, -0.05) is 54.5 Å². The summed E-state index contributed by atoms with van der Waals surface area (Å²) < 4.78 is 64.5. The van der Waals surface area contributed by atoms with Crippen LogP contribution < -0.4 is 31.1 Å². The van der Waals surface area contributed by atoms with Crippen LogP contribution >= 0.6 is 22.7 Å². The Bertz CT molecular complexity index is 2810. The number of hydrazone groups is 2. The summed E-state index contributed by atoms with van der Waals surface area (Å²) in [4.78, 5) is 47.6. The zero-order valence-electron chi connectivity index (χ0n) is 35.1. The van der Waals surface area contributed by atoms with Gasteiger partial charge in [0, 0.05) is 76.9 Å². The molecule has 5 N–H and O–H groups in total. The van der Waals surface area contributed by atoms with E-state index < -0.39 is 29.4 Å². The van der Waals surface area contributed by atoms with E-state index in [1.165, 1.54) is 33.7 Å². The molecule has 21 heteroatoms. The first kappa shape index (κ1) is 47.6. The zero-order valence-corrected chi connectivity index (χ0v) is 36.7. The minimum Gasteiger partial charge on any atom is -0.489 e. The molecule has 1 aliphatic rings. The Labute approximate surface area is 388 Å². The molecule has 0 aliphatic carbocycles. The quantitative estimate of drug-likeness (QED) is 0.0270. The van der Waals surface area contributed by atoms with Crippen molar-refractivity contribution in [3.05, 3.63) is 147 Å². The first-order valence-electron chi connectivity index (χ1n) is 20.3. The number of ether oxygens (including phenoxy) is 2. The second kappa shape index (κ2) is 22.7. The van der Waals surface area contributed by atoms with Gasteiger partial charge in [-0.2, -0.15) is 28.4 Å². The normalized spacial score (nSPS) is 13.0. The molecule has 0 saturated carbocycles. The van der Waals surface area contributed by atoms with Crippen LogP contribution in [0.25, 0.3) is 11.3 Å². The molecule has 1 aliphatic heterocycles. The second-order valence-corrected chi connectivity index (χ2v) is 15.9. The molecule has 0 spiro atoms. The van der Waals surface area contributed by atoms with Crippen LogP contribution in [-0.2, 0) is 33.7 Å². The molecule has 0 bridgehead atoms. The van der Waals surface area contributed by atoms with E-state index in [9.17, 15) is 37.1 Å². The number of carbonyl (C=O) groups is 3. The summed E-state index contributed by atoms with van der Waals surface area (Å²) in [6, 6.07) is 23.5. The monoisotopic (exact) mass is 953 g/mol. The van der Waals surface area contributed by atoms with Gasteiger partial charge in [0.25, 0.3) is 11.8 Å². The lowest BCUT2D eigenvalue weighted by Gasteiger charge is -2.14. The van der Waals surface area contributed by atoms with Crippen LogP contribution in [0, 0.1) is 17.7 Å². The number of nitrogens with one attached hydrogen (secondary N) is 4. The third kappa shape index (κ3) is 12.9. The molecule has 67 heavy (non-hydrogen) atoms. The predicted molar refractivity (Wildman–Crippen MR) is 245 cm³/mol. The van der Waals surface area contributed by atoms with Gasteiger partial charge in [0.1, 0.15) is 23.9 Å². The highest BCUT2D eigenvalue weighted by Gasteiger charge is 2.36. The number of thiazole rings is 2. The summed E-state index contributed by atoms with van der Waals surface area (Å²) in [5.41, 5.74) is 5.50. The van der Waals surface area contributed by atoms with E-state index in [0.717, 1.165) is 11.6 Å². The van der Waals surface area contributed by atoms with Crippen molar-refractivity contribution in [2.24, 2.45) is 10.2 Å². The molecular formula is C46H39F4N9O6S2. The Morgan fingerprint density at radius 2 is 1.70 bits per heavy atom. The van der Waals surface area contributed by atoms with Gasteiger partial charge in [0.05, 0.1) is 31.1 Å². The number of aromatic nitrogens is 2. The number of alkyl halides is 3. The van der Waals surface area contributed by atoms with Gasteiger partial charge >= 0.3 is 12.1 Å². The van der Waals surface area contributed by atoms with E-state index >= 15 is 0 Å². The van der Waals surface area contributed by atoms with Gasteiger partial charge in [-0.3, -0.25) is 19.8 Å². The number of amides is 3. The van der Waals surface area contributed by atoms with E-state index in [2.05, 4.69) is 53.4 Å². The maximum absolute atomic E-state index is 13.7. The second-order valence-electron chi connectivity index (χ2n) is 14.1. The molecule has 0 radical (unpaired) electrons. The number of aliphatic hydroxyl groups is 1. The highest BCUT2D eigenvalue weighted by atomic mass is 32.1. The highest BCUT2D eigenvalue weighted by Crippen LogP contribution is 2.33. The van der Waals surface area contributed by atoms with Crippen molar-refractivity contribution < 1.29 is 46.5 Å². The number of rotatable bonds is 19. The van der Waals surface area contributed by atoms with Gasteiger partial charge in [-0.15, -0.1) is 22.7 Å². The van der Waals surface area contributed by atoms with Crippen molar-refractivity contribution in [2.45, 2.75) is 19.3 Å². The number of aliphatic hydroxyl groups excluding tert-OH is 1. The summed E-state index contributed by atoms with van der Waals surface area (Å²) in [6.07, 6.45) is -3.23. The van der Waals surface area contributed by atoms with Gasteiger partial charge < -0.3 is 30.5 Å². The van der Waals surface area contributed by atoms with Crippen molar-refractivity contribution in [2.75, 3.05) is 49.9 Å². The fraction of sp³-hybridized carbons (Fsp3) is 0.196. The van der Waals surface area contributed by atoms with Crippen LogP contribution in [0.1, 0.15) is 38.2 Å². The number of hydrogen-bond acceptors (Lipinski definition) is 14. The first-order valence-corrected chi connectivity index (χ1v) is 22.1. The number of benzene rings is 4. The maximum Gasteiger partial charge on any atom is 0.419 e. The average Bonchev–Trinajstić information content (AvgIpc) is 4.11. The lowest BCUT2D eigenvalue weighted by atomic mass is 10.1. The largest absolute Gasteiger partial charge is 0.489 e. The molecule has 0 atom stereocenters. The molecule has 7 rings (SSSR count). The van der Waals surface area contributed by atoms with E-state index in [1.807, 2.05) is 30.3 Å². The third-order valence-electron chi connectivity index (χ3n) is 9.46. The molecule has 0 saturated heterocycles. The Kier molecular flexibility index (Phi) is 16.1. The fourth-order valence-corrected chi connectivity index (χ4v) is 7.46. The third-order valence-corrected chi connectivity index (χ3v) is 11.0. The van der Waals surface area contributed by atoms with Crippen LogP contribution in [0.3, 0.4) is 0 Å². The Morgan fingerprint density at radius 1 is 0.910 bits per heavy atom. The summed E-state index contributed by atoms with van der Waals surface area (Å²) in [7, 11) is 0. The number of hydrogen-bond donors (Lipinski definition) is 5. The van der Waals surface area contributed by atoms with Crippen LogP contribution in [0.2, 0.25) is 0 Å². The number of anilines is 2. The molecule has 344 valence electrons. The molecular weight excluding hydrogens is 915 g/mol. The minimum atomic E-state index is -4.86. The standard InChI is InChI=1S/C46H39F4N9O6S2/c47-36-13-6-30(25-35(36)46(48,49)50)27-65-38-14-7-29(24-34(38)26-51-16-20-60)8-15-39(61)52-17-21-64-22-18-53-42(62)33-11-9-31(10-12-33)37-28-67-45(55-37)59-43(63)41(56-57-44-54-19-23-66-44)40(58-59)32-4-2-1-3-5-32/h1-7,9-14,19,23-25,28,51,60H,16-18,20-22,26-27H2,(H,52,61)(H,53,62)(H,54,57). The number of nitrogens with zero attached hydrogens (tertiary/aromatic N) is 5. The van der Waals surface area contributed by atoms with Crippen molar-refractivity contribution in [3.8, 4) is 28.8 Å². The van der Waals surface area contributed by atoms with E-state index in [-0.39, 0.29) is 69.8 Å². The van der Waals surface area contributed by atoms with Gasteiger partial charge in [0.2, 0.25) is 10.3 Å². The molecule has 4 aromatic carbocycles. The van der Waals surface area contributed by atoms with Crippen LogP contribution in [0.15, 0.2) is 118 Å². The number of carbonyl (C=O) groups excluding carboxylic acids is 3. The summed E-state index contributed by atoms with van der Waals surface area (Å²) in [5.74, 6) is 2.85. The SMILES string of the molecule is O=C(C#Cc1ccc(OCc2ccc(F)c(C(F)(F)F)c2)c(CNCCO)c1)NCCOCCNC(=O)c1ccc(-c2csc(N3N=C(c4ccccc4)C(=NNc4nccs4)C3=O)n2)cc1. The van der Waals surface area contributed by atoms with Crippen molar-refractivity contribution >= 4 is 62.1 Å². The highest BCUT2D eigenvalue weighted by molar-refractivity contribution is 7.14. The Hall–Kier alpha value is -7.35. The zero-order chi connectivity index (χ0) is 47.2. The molecule has 3 amide bonds. The van der Waals surface area contributed by atoms with Crippen LogP contribution in [-0.4, -0.2) is 83.7 Å². The van der Waals surface area contributed by atoms with E-state index in [1.54, 1.807) is 59.4 Å². The maximum atomic E-state index is 13.7. The van der Waals surface area contributed by atoms with Gasteiger partial charge in [-0.05, 0) is 48.0 Å². The van der Waals surface area contributed by atoms with Crippen LogP contribution in [0.4, 0.5) is 27.8 Å². The smallest absolute Gasteiger partial charge is 0.419 e. The Balaban J connectivity index is 0.842. The van der Waals surface area contributed by atoms with Gasteiger partial charge in [-0.25, -0.2) is 14.4 Å². The van der Waals surface area contributed by atoms with Gasteiger partial charge in [0.15, 0.2) is 5.71 Å². The fourth-order valence-electron chi connectivity index (χ4n) is 6.21. The van der Waals surface area contributed by atoms with Crippen molar-refractivity contribution in [1.29, 1.82) is 0 Å². The topological polar surface area (TPSA) is 192 Å². The first-order chi connectivity index (χ1) is 32.5. The lowest BCUT2D eigenvalue weighted by Crippen LogP contribution is -2.29. The molecule has 6 aromatic rings.